The molecule has 2 aromatic heterocycles. The topological polar surface area (TPSA) is 71.4 Å². The van der Waals surface area contributed by atoms with Crippen LogP contribution in [0.1, 0.15) is 44.5 Å². The van der Waals surface area contributed by atoms with E-state index in [-0.39, 0.29) is 34.1 Å². The minimum Gasteiger partial charge on any atom is -0.508 e. The third-order valence-corrected chi connectivity index (χ3v) is 7.51. The molecular weight excluding hydrogens is 462 g/mol. The van der Waals surface area contributed by atoms with Gasteiger partial charge in [0, 0.05) is 36.2 Å². The number of phenols is 1. The van der Waals surface area contributed by atoms with Gasteiger partial charge in [-0.15, -0.1) is 0 Å². The summed E-state index contributed by atoms with van der Waals surface area (Å²) in [7, 11) is 0. The van der Waals surface area contributed by atoms with E-state index in [4.69, 9.17) is 9.72 Å². The Hall–Kier alpha value is -3.39. The van der Waals surface area contributed by atoms with Gasteiger partial charge >= 0.3 is 0 Å². The van der Waals surface area contributed by atoms with Crippen LogP contribution in [0.15, 0.2) is 30.5 Å². The summed E-state index contributed by atoms with van der Waals surface area (Å²) in [5.74, 6) is 0.232. The second-order valence-electron chi connectivity index (χ2n) is 10.4. The molecule has 0 bridgehead atoms. The second-order valence-corrected chi connectivity index (χ2v) is 10.4. The average molecular weight is 491 g/mol. The molecule has 4 heterocycles. The fraction of sp³-hybridized carbons (Fsp3) is 0.393. The highest BCUT2D eigenvalue weighted by atomic mass is 19.1. The quantitative estimate of drug-likeness (QED) is 0.393. The molecule has 1 spiro atoms. The zero-order valence-electron chi connectivity index (χ0n) is 20.6. The fourth-order valence-electron chi connectivity index (χ4n) is 5.52. The van der Waals surface area contributed by atoms with Crippen molar-refractivity contribution in [1.82, 2.24) is 15.0 Å². The van der Waals surface area contributed by atoms with E-state index < -0.39 is 5.82 Å². The van der Waals surface area contributed by atoms with E-state index in [9.17, 15) is 9.50 Å². The minimum atomic E-state index is -0.600. The first-order valence-corrected chi connectivity index (χ1v) is 12.4. The number of pyridine rings is 1. The van der Waals surface area contributed by atoms with Gasteiger partial charge < -0.3 is 14.7 Å². The number of benzene rings is 2. The van der Waals surface area contributed by atoms with Crippen LogP contribution in [-0.2, 0) is 11.2 Å². The highest BCUT2D eigenvalue weighted by molar-refractivity contribution is 6.01. The normalized spacial score (nSPS) is 17.0. The maximum Gasteiger partial charge on any atom is 0.175 e. The van der Waals surface area contributed by atoms with Crippen molar-refractivity contribution in [2.75, 3.05) is 31.2 Å². The lowest BCUT2D eigenvalue weighted by Crippen LogP contribution is -2.44. The third-order valence-electron chi connectivity index (χ3n) is 7.51. The van der Waals surface area contributed by atoms with Gasteiger partial charge in [0.15, 0.2) is 5.82 Å². The average Bonchev–Trinajstić information content (AvgIpc) is 3.30. The van der Waals surface area contributed by atoms with Gasteiger partial charge in [0.05, 0.1) is 18.6 Å². The molecule has 0 radical (unpaired) electrons. The van der Waals surface area contributed by atoms with Crippen LogP contribution in [0.3, 0.4) is 0 Å². The first kappa shape index (κ1) is 23.0. The molecular formula is C28H28F2N4O2. The van der Waals surface area contributed by atoms with Crippen molar-refractivity contribution < 1.29 is 18.6 Å². The zero-order chi connectivity index (χ0) is 25.2. The van der Waals surface area contributed by atoms with Crippen molar-refractivity contribution in [3.8, 4) is 17.0 Å². The summed E-state index contributed by atoms with van der Waals surface area (Å²) in [6.07, 6.45) is 3.03. The van der Waals surface area contributed by atoms with Crippen molar-refractivity contribution >= 4 is 27.5 Å². The molecule has 2 fully saturated rings. The largest absolute Gasteiger partial charge is 0.508 e. The maximum atomic E-state index is 16.3. The van der Waals surface area contributed by atoms with E-state index >= 15 is 4.39 Å². The number of nitrogens with zero attached hydrogens (tertiary/aromatic N) is 4. The summed E-state index contributed by atoms with van der Waals surface area (Å²) in [4.78, 5) is 16.1. The number of phenolic OH excluding ortho intramolecular Hbond substituents is 1. The van der Waals surface area contributed by atoms with Crippen LogP contribution in [-0.4, -0.2) is 46.4 Å². The summed E-state index contributed by atoms with van der Waals surface area (Å²) in [6.45, 7) is 8.90. The van der Waals surface area contributed by atoms with Crippen molar-refractivity contribution in [1.29, 1.82) is 0 Å². The molecule has 6 nitrogen and oxygen atoms in total. The minimum absolute atomic E-state index is 0.00449. The lowest BCUT2D eigenvalue weighted by atomic mass is 9.85. The SMILES string of the molecule is CCc1c(F)ccc2cc(O)cc(-c3ncc4c(N5CCC6(COC6)C5)nc(C(C)C)nc4c3F)c12. The summed E-state index contributed by atoms with van der Waals surface area (Å²) in [5.41, 5.74) is 1.17. The van der Waals surface area contributed by atoms with E-state index in [1.165, 1.54) is 12.1 Å². The highest BCUT2D eigenvalue weighted by Gasteiger charge is 2.45. The molecule has 8 heteroatoms. The van der Waals surface area contributed by atoms with Crippen molar-refractivity contribution in [2.45, 2.75) is 39.5 Å². The number of halogens is 2. The molecule has 186 valence electrons. The second kappa shape index (κ2) is 8.34. The monoisotopic (exact) mass is 490 g/mol. The Kier molecular flexibility index (Phi) is 5.33. The predicted octanol–water partition coefficient (Wildman–Crippen LogP) is 5.74. The number of aromatic nitrogens is 3. The van der Waals surface area contributed by atoms with Crippen LogP contribution in [0.2, 0.25) is 0 Å². The molecule has 6 rings (SSSR count). The van der Waals surface area contributed by atoms with Gasteiger partial charge in [-0.05, 0) is 47.4 Å². The van der Waals surface area contributed by atoms with Crippen LogP contribution in [0.4, 0.5) is 14.6 Å². The Morgan fingerprint density at radius 3 is 2.64 bits per heavy atom. The third kappa shape index (κ3) is 3.50. The molecule has 0 amide bonds. The van der Waals surface area contributed by atoms with Crippen LogP contribution in [0.25, 0.3) is 32.9 Å². The van der Waals surface area contributed by atoms with Gasteiger partial charge in [0.25, 0.3) is 0 Å². The van der Waals surface area contributed by atoms with E-state index in [1.807, 2.05) is 20.8 Å². The van der Waals surface area contributed by atoms with Gasteiger partial charge in [0.2, 0.25) is 0 Å². The molecule has 2 aliphatic rings. The van der Waals surface area contributed by atoms with Gasteiger partial charge in [0.1, 0.15) is 34.4 Å². The zero-order valence-corrected chi connectivity index (χ0v) is 20.6. The number of aromatic hydroxyl groups is 1. The molecule has 1 N–H and O–H groups in total. The summed E-state index contributed by atoms with van der Waals surface area (Å²) < 4.78 is 36.5. The molecule has 0 saturated carbocycles. The molecule has 2 aromatic carbocycles. The van der Waals surface area contributed by atoms with Crippen molar-refractivity contribution in [2.24, 2.45) is 5.41 Å². The Labute approximate surface area is 208 Å². The fourth-order valence-corrected chi connectivity index (χ4v) is 5.52. The summed E-state index contributed by atoms with van der Waals surface area (Å²) in [5, 5.41) is 12.1. The molecule has 0 aliphatic carbocycles. The van der Waals surface area contributed by atoms with Crippen LogP contribution in [0.5, 0.6) is 5.75 Å². The smallest absolute Gasteiger partial charge is 0.175 e. The number of ether oxygens (including phenoxy) is 1. The van der Waals surface area contributed by atoms with E-state index in [2.05, 4.69) is 14.9 Å². The van der Waals surface area contributed by atoms with E-state index in [0.717, 1.165) is 32.7 Å². The molecule has 2 aliphatic heterocycles. The molecule has 2 saturated heterocycles. The highest BCUT2D eigenvalue weighted by Crippen LogP contribution is 2.42. The van der Waals surface area contributed by atoms with Crippen molar-refractivity contribution in [3.05, 3.63) is 53.5 Å². The van der Waals surface area contributed by atoms with E-state index in [1.54, 1.807) is 18.3 Å². The number of hydrogen-bond donors (Lipinski definition) is 1. The Balaban J connectivity index is 1.59. The van der Waals surface area contributed by atoms with Crippen molar-refractivity contribution in [3.63, 3.8) is 0 Å². The molecule has 36 heavy (non-hydrogen) atoms. The predicted molar refractivity (Wildman–Crippen MR) is 135 cm³/mol. The lowest BCUT2D eigenvalue weighted by Gasteiger charge is -2.37. The summed E-state index contributed by atoms with van der Waals surface area (Å²) in [6, 6.07) is 5.97. The maximum absolute atomic E-state index is 16.3. The van der Waals surface area contributed by atoms with E-state index in [0.29, 0.717) is 45.3 Å². The van der Waals surface area contributed by atoms with Gasteiger partial charge in [-0.3, -0.25) is 4.98 Å². The number of hydrogen-bond acceptors (Lipinski definition) is 6. The molecule has 0 unspecified atom stereocenters. The number of aryl methyl sites for hydroxylation is 1. The Morgan fingerprint density at radius 1 is 1.17 bits per heavy atom. The molecule has 0 atom stereocenters. The lowest BCUT2D eigenvalue weighted by molar-refractivity contribution is -0.0985. The number of fused-ring (bicyclic) bond motifs is 2. The Morgan fingerprint density at radius 2 is 1.97 bits per heavy atom. The van der Waals surface area contributed by atoms with Gasteiger partial charge in [-0.25, -0.2) is 18.7 Å². The first-order chi connectivity index (χ1) is 17.3. The standard InChI is InChI=1S/C28H28F2N4O2/c1-4-18-21(29)6-5-16-9-17(35)10-19(22(16)18)24-23(30)25-20(11-31-24)27(33-26(32-25)15(2)3)34-8-7-28(12-34)13-36-14-28/h5-6,9-11,15,35H,4,7-8,12-14H2,1-3H3. The van der Waals surface area contributed by atoms with Crippen LogP contribution in [0, 0.1) is 17.0 Å². The summed E-state index contributed by atoms with van der Waals surface area (Å²) >= 11 is 0. The van der Waals surface area contributed by atoms with Crippen LogP contribution >= 0.6 is 0 Å². The molecule has 4 aromatic rings. The Bertz CT molecular complexity index is 1520. The first-order valence-electron chi connectivity index (χ1n) is 12.4. The van der Waals surface area contributed by atoms with Gasteiger partial charge in [-0.1, -0.05) is 26.8 Å². The number of anilines is 1. The number of rotatable bonds is 4. The van der Waals surface area contributed by atoms with Gasteiger partial charge in [-0.2, -0.15) is 0 Å². The van der Waals surface area contributed by atoms with Crippen LogP contribution < -0.4 is 4.90 Å².